The molecule has 0 aromatic heterocycles. The van der Waals surface area contributed by atoms with Gasteiger partial charge in [0.05, 0.1) is 0 Å². The van der Waals surface area contributed by atoms with Crippen molar-refractivity contribution in [3.05, 3.63) is 58.1 Å². The van der Waals surface area contributed by atoms with Crippen molar-refractivity contribution >= 4 is 28.9 Å². The molecule has 3 nitrogen and oxygen atoms in total. The zero-order valence-electron chi connectivity index (χ0n) is 12.2. The number of para-hydroxylation sites is 1. The van der Waals surface area contributed by atoms with Gasteiger partial charge in [0.15, 0.2) is 0 Å². The predicted octanol–water partition coefficient (Wildman–Crippen LogP) is 4.30. The maximum Gasteiger partial charge on any atom is 0.255 e. The van der Waals surface area contributed by atoms with E-state index in [-0.39, 0.29) is 5.91 Å². The first-order valence-corrected chi connectivity index (χ1v) is 7.41. The second-order valence-corrected chi connectivity index (χ2v) is 5.32. The summed E-state index contributed by atoms with van der Waals surface area (Å²) < 4.78 is 0. The number of rotatable bonds is 4. The Morgan fingerprint density at radius 1 is 1.14 bits per heavy atom. The predicted molar refractivity (Wildman–Crippen MR) is 89.0 cm³/mol. The highest BCUT2D eigenvalue weighted by Crippen LogP contribution is 2.24. The zero-order valence-corrected chi connectivity index (χ0v) is 13.0. The molecule has 0 aliphatic heterocycles. The number of carbonyl (C=O) groups excluding carboxylic acids is 1. The van der Waals surface area contributed by atoms with E-state index in [1.54, 1.807) is 18.2 Å². The standard InChI is InChI=1S/C17H19ClN2O/c1-3-11-6-5-7-12(4-2)16(11)20-17(21)13-8-14(18)10-15(19)9-13/h5-10H,3-4,19H2,1-2H3,(H,20,21). The summed E-state index contributed by atoms with van der Waals surface area (Å²) in [7, 11) is 0. The molecule has 0 aliphatic carbocycles. The molecule has 0 aliphatic rings. The monoisotopic (exact) mass is 302 g/mol. The van der Waals surface area contributed by atoms with Crippen LogP contribution in [0.1, 0.15) is 35.3 Å². The van der Waals surface area contributed by atoms with Crippen LogP contribution in [0.25, 0.3) is 0 Å². The molecular weight excluding hydrogens is 284 g/mol. The van der Waals surface area contributed by atoms with Crippen molar-refractivity contribution in [2.24, 2.45) is 0 Å². The number of nitrogens with one attached hydrogen (secondary N) is 1. The summed E-state index contributed by atoms with van der Waals surface area (Å²) >= 11 is 5.95. The lowest BCUT2D eigenvalue weighted by Gasteiger charge is -2.14. The molecule has 2 rings (SSSR count). The number of anilines is 2. The van der Waals surface area contributed by atoms with Crippen LogP contribution >= 0.6 is 11.6 Å². The molecule has 0 atom stereocenters. The highest BCUT2D eigenvalue weighted by atomic mass is 35.5. The maximum atomic E-state index is 12.4. The van der Waals surface area contributed by atoms with Crippen molar-refractivity contribution in [2.45, 2.75) is 26.7 Å². The summed E-state index contributed by atoms with van der Waals surface area (Å²) in [4.78, 5) is 12.4. The molecule has 4 heteroatoms. The highest BCUT2D eigenvalue weighted by molar-refractivity contribution is 6.31. The molecule has 21 heavy (non-hydrogen) atoms. The van der Waals surface area contributed by atoms with Gasteiger partial charge in [-0.05, 0) is 42.2 Å². The largest absolute Gasteiger partial charge is 0.399 e. The zero-order chi connectivity index (χ0) is 15.4. The summed E-state index contributed by atoms with van der Waals surface area (Å²) in [6.45, 7) is 4.14. The Labute approximate surface area is 130 Å². The Hall–Kier alpha value is -2.00. The lowest BCUT2D eigenvalue weighted by Crippen LogP contribution is -2.15. The molecule has 0 saturated heterocycles. The van der Waals surface area contributed by atoms with Crippen LogP contribution in [0.15, 0.2) is 36.4 Å². The second kappa shape index (κ2) is 6.64. The van der Waals surface area contributed by atoms with Crippen LogP contribution in [0.4, 0.5) is 11.4 Å². The third-order valence-electron chi connectivity index (χ3n) is 3.42. The average Bonchev–Trinajstić information content (AvgIpc) is 2.46. The van der Waals surface area contributed by atoms with Crippen molar-refractivity contribution in [1.82, 2.24) is 0 Å². The number of benzene rings is 2. The number of nitrogens with two attached hydrogens (primary N) is 1. The van der Waals surface area contributed by atoms with E-state index in [2.05, 4.69) is 19.2 Å². The first-order valence-electron chi connectivity index (χ1n) is 7.03. The number of halogens is 1. The summed E-state index contributed by atoms with van der Waals surface area (Å²) in [6, 6.07) is 10.9. The second-order valence-electron chi connectivity index (χ2n) is 4.89. The van der Waals surface area contributed by atoms with E-state index in [0.717, 1.165) is 29.7 Å². The molecule has 0 unspecified atom stereocenters. The van der Waals surface area contributed by atoms with Crippen molar-refractivity contribution in [3.63, 3.8) is 0 Å². The first kappa shape index (κ1) is 15.4. The van der Waals surface area contributed by atoms with Crippen LogP contribution in [-0.4, -0.2) is 5.91 Å². The third-order valence-corrected chi connectivity index (χ3v) is 3.64. The van der Waals surface area contributed by atoms with Crippen LogP contribution in [0.2, 0.25) is 5.02 Å². The van der Waals surface area contributed by atoms with E-state index >= 15 is 0 Å². The van der Waals surface area contributed by atoms with E-state index in [0.29, 0.717) is 16.3 Å². The van der Waals surface area contributed by atoms with Crippen molar-refractivity contribution in [2.75, 3.05) is 11.1 Å². The molecule has 110 valence electrons. The third kappa shape index (κ3) is 3.56. The molecule has 0 heterocycles. The molecule has 3 N–H and O–H groups in total. The van der Waals surface area contributed by atoms with Crippen molar-refractivity contribution in [1.29, 1.82) is 0 Å². The molecule has 2 aromatic carbocycles. The summed E-state index contributed by atoms with van der Waals surface area (Å²) in [5, 5.41) is 3.46. The van der Waals surface area contributed by atoms with Gasteiger partial charge < -0.3 is 11.1 Å². The summed E-state index contributed by atoms with van der Waals surface area (Å²) in [5.74, 6) is -0.195. The number of hydrogen-bond donors (Lipinski definition) is 2. The minimum absolute atomic E-state index is 0.195. The fraction of sp³-hybridized carbons (Fsp3) is 0.235. The molecule has 0 radical (unpaired) electrons. The lowest BCUT2D eigenvalue weighted by molar-refractivity contribution is 0.102. The molecule has 0 spiro atoms. The van der Waals surface area contributed by atoms with Crippen LogP contribution in [0, 0.1) is 0 Å². The SMILES string of the molecule is CCc1cccc(CC)c1NC(=O)c1cc(N)cc(Cl)c1. The van der Waals surface area contributed by atoms with Gasteiger partial charge in [0.25, 0.3) is 5.91 Å². The van der Waals surface area contributed by atoms with Crippen LogP contribution in [0.3, 0.4) is 0 Å². The Morgan fingerprint density at radius 3 is 2.29 bits per heavy atom. The van der Waals surface area contributed by atoms with Gasteiger partial charge in [-0.2, -0.15) is 0 Å². The summed E-state index contributed by atoms with van der Waals surface area (Å²) in [6.07, 6.45) is 1.72. The van der Waals surface area contributed by atoms with Gasteiger partial charge >= 0.3 is 0 Å². The van der Waals surface area contributed by atoms with Gasteiger partial charge in [-0.3, -0.25) is 4.79 Å². The van der Waals surface area contributed by atoms with Gasteiger partial charge in [-0.15, -0.1) is 0 Å². The number of aryl methyl sites for hydroxylation is 2. The fourth-order valence-electron chi connectivity index (χ4n) is 2.33. The smallest absolute Gasteiger partial charge is 0.255 e. The fourth-order valence-corrected chi connectivity index (χ4v) is 2.58. The summed E-state index contributed by atoms with van der Waals surface area (Å²) in [5.41, 5.74) is 9.82. The van der Waals surface area contributed by atoms with E-state index in [9.17, 15) is 4.79 Å². The molecular formula is C17H19ClN2O. The Bertz CT molecular complexity index is 625. The first-order chi connectivity index (χ1) is 10.0. The van der Waals surface area contributed by atoms with Gasteiger partial charge in [-0.25, -0.2) is 0 Å². The normalized spacial score (nSPS) is 10.4. The average molecular weight is 303 g/mol. The number of amides is 1. The van der Waals surface area contributed by atoms with Crippen molar-refractivity contribution < 1.29 is 4.79 Å². The maximum absolute atomic E-state index is 12.4. The molecule has 1 amide bonds. The molecule has 0 saturated carbocycles. The number of nitrogen functional groups attached to an aromatic ring is 1. The van der Waals surface area contributed by atoms with Gasteiger partial charge in [0, 0.05) is 22.0 Å². The topological polar surface area (TPSA) is 55.1 Å². The van der Waals surface area contributed by atoms with Crippen LogP contribution in [0.5, 0.6) is 0 Å². The number of hydrogen-bond acceptors (Lipinski definition) is 2. The molecule has 0 bridgehead atoms. The Kier molecular flexibility index (Phi) is 4.86. The molecule has 2 aromatic rings. The van der Waals surface area contributed by atoms with E-state index in [1.807, 2.05) is 18.2 Å². The highest BCUT2D eigenvalue weighted by Gasteiger charge is 2.12. The molecule has 0 fully saturated rings. The van der Waals surface area contributed by atoms with Crippen LogP contribution in [-0.2, 0) is 12.8 Å². The Morgan fingerprint density at radius 2 is 1.76 bits per heavy atom. The van der Waals surface area contributed by atoms with Gasteiger partial charge in [0.2, 0.25) is 0 Å². The quantitative estimate of drug-likeness (QED) is 0.827. The minimum atomic E-state index is -0.195. The lowest BCUT2D eigenvalue weighted by atomic mass is 10.0. The van der Waals surface area contributed by atoms with E-state index < -0.39 is 0 Å². The van der Waals surface area contributed by atoms with Crippen molar-refractivity contribution in [3.8, 4) is 0 Å². The van der Waals surface area contributed by atoms with E-state index in [4.69, 9.17) is 17.3 Å². The number of carbonyl (C=O) groups is 1. The van der Waals surface area contributed by atoms with Gasteiger partial charge in [-0.1, -0.05) is 43.6 Å². The van der Waals surface area contributed by atoms with Gasteiger partial charge in [0.1, 0.15) is 0 Å². The minimum Gasteiger partial charge on any atom is -0.399 e. The van der Waals surface area contributed by atoms with Crippen LogP contribution < -0.4 is 11.1 Å². The Balaban J connectivity index is 2.35. The van der Waals surface area contributed by atoms with E-state index in [1.165, 1.54) is 0 Å².